The molecule has 2 heteroatoms. The predicted molar refractivity (Wildman–Crippen MR) is 81.0 cm³/mol. The molecule has 0 spiro atoms. The smallest absolute Gasteiger partial charge is 0.111 e. The van der Waals surface area contributed by atoms with Gasteiger partial charge >= 0.3 is 0 Å². The van der Waals surface area contributed by atoms with Gasteiger partial charge in [0.25, 0.3) is 0 Å². The summed E-state index contributed by atoms with van der Waals surface area (Å²) in [5, 5.41) is 14.8. The molecule has 102 valence electrons. The van der Waals surface area contributed by atoms with Crippen LogP contribution in [0, 0.1) is 6.92 Å². The van der Waals surface area contributed by atoms with E-state index in [9.17, 15) is 5.11 Å². The highest BCUT2D eigenvalue weighted by Crippen LogP contribution is 2.44. The van der Waals surface area contributed by atoms with Gasteiger partial charge in [0.05, 0.1) is 6.04 Å². The van der Waals surface area contributed by atoms with Crippen LogP contribution in [0.4, 0.5) is 5.69 Å². The summed E-state index contributed by atoms with van der Waals surface area (Å²) in [7, 11) is 0. The molecule has 0 radical (unpaired) electrons. The predicted octanol–water partition coefficient (Wildman–Crippen LogP) is 3.17. The first-order chi connectivity index (χ1) is 9.67. The van der Waals surface area contributed by atoms with Gasteiger partial charge in [-0.25, -0.2) is 0 Å². The van der Waals surface area contributed by atoms with E-state index in [4.69, 9.17) is 0 Å². The monoisotopic (exact) mass is 265 g/mol. The Morgan fingerprint density at radius 2 is 2.00 bits per heavy atom. The minimum absolute atomic E-state index is 0.0861. The van der Waals surface area contributed by atoms with Gasteiger partial charge in [0, 0.05) is 5.69 Å². The molecule has 2 nitrogen and oxygen atoms in total. The molecule has 0 amide bonds. The fourth-order valence-electron chi connectivity index (χ4n) is 3.72. The number of aliphatic hydroxyl groups is 1. The standard InChI is InChI=1S/C18H19NO/c1-12-6-7-13-8-9-18(20,15(13)10-12)17-11-14-4-2-3-5-16(14)19-17/h2-7,10,17,19-20H,8-9,11H2,1H3. The van der Waals surface area contributed by atoms with E-state index in [0.717, 1.165) is 24.8 Å². The minimum Gasteiger partial charge on any atom is -0.383 e. The fourth-order valence-corrected chi connectivity index (χ4v) is 3.72. The molecule has 4 rings (SSSR count). The Hall–Kier alpha value is -1.80. The number of benzene rings is 2. The quantitative estimate of drug-likeness (QED) is 0.830. The lowest BCUT2D eigenvalue weighted by atomic mass is 9.85. The van der Waals surface area contributed by atoms with Gasteiger partial charge in [-0.2, -0.15) is 0 Å². The molecule has 2 aliphatic rings. The highest BCUT2D eigenvalue weighted by Gasteiger charge is 2.45. The van der Waals surface area contributed by atoms with Crippen molar-refractivity contribution in [3.05, 3.63) is 64.7 Å². The average molecular weight is 265 g/mol. The molecule has 2 N–H and O–H groups in total. The molecule has 2 unspecified atom stereocenters. The van der Waals surface area contributed by atoms with E-state index in [-0.39, 0.29) is 6.04 Å². The second-order valence-electron chi connectivity index (χ2n) is 6.14. The molecule has 2 atom stereocenters. The summed E-state index contributed by atoms with van der Waals surface area (Å²) >= 11 is 0. The SMILES string of the molecule is Cc1ccc2c(c1)C(O)(C1Cc3ccccc3N1)CC2. The lowest BCUT2D eigenvalue weighted by Crippen LogP contribution is -2.41. The second kappa shape index (κ2) is 4.10. The zero-order chi connectivity index (χ0) is 13.7. The van der Waals surface area contributed by atoms with E-state index < -0.39 is 5.60 Å². The van der Waals surface area contributed by atoms with Gasteiger partial charge in [0.1, 0.15) is 5.60 Å². The normalized spacial score (nSPS) is 27.0. The first-order valence-electron chi connectivity index (χ1n) is 7.34. The molecule has 0 aromatic heterocycles. The van der Waals surface area contributed by atoms with Gasteiger partial charge in [-0.1, -0.05) is 42.0 Å². The molecule has 0 saturated heterocycles. The van der Waals surface area contributed by atoms with Crippen LogP contribution in [0.25, 0.3) is 0 Å². The number of hydrogen-bond donors (Lipinski definition) is 2. The third kappa shape index (κ3) is 1.61. The molecule has 0 fully saturated rings. The molecule has 1 aliphatic heterocycles. The van der Waals surface area contributed by atoms with Gasteiger partial charge in [0.2, 0.25) is 0 Å². The summed E-state index contributed by atoms with van der Waals surface area (Å²) in [6, 6.07) is 14.9. The van der Waals surface area contributed by atoms with Gasteiger partial charge in [-0.3, -0.25) is 0 Å². The second-order valence-corrected chi connectivity index (χ2v) is 6.14. The Morgan fingerprint density at radius 3 is 2.85 bits per heavy atom. The maximum atomic E-state index is 11.3. The van der Waals surface area contributed by atoms with Crippen LogP contribution >= 0.6 is 0 Å². The van der Waals surface area contributed by atoms with Crippen molar-refractivity contribution in [2.45, 2.75) is 37.8 Å². The summed E-state index contributed by atoms with van der Waals surface area (Å²) in [5.41, 5.74) is 5.40. The molecule has 1 heterocycles. The van der Waals surface area contributed by atoms with E-state index in [1.165, 1.54) is 22.4 Å². The zero-order valence-electron chi connectivity index (χ0n) is 11.7. The van der Waals surface area contributed by atoms with Gasteiger partial charge in [-0.05, 0) is 48.9 Å². The van der Waals surface area contributed by atoms with Crippen molar-refractivity contribution in [3.63, 3.8) is 0 Å². The van der Waals surface area contributed by atoms with E-state index in [2.05, 4.69) is 48.6 Å². The molecule has 20 heavy (non-hydrogen) atoms. The fraction of sp³-hybridized carbons (Fsp3) is 0.333. The van der Waals surface area contributed by atoms with E-state index >= 15 is 0 Å². The Labute approximate surface area is 119 Å². The third-order valence-corrected chi connectivity index (χ3v) is 4.85. The molecule has 1 aliphatic carbocycles. The lowest BCUT2D eigenvalue weighted by molar-refractivity contribution is 0.0202. The first-order valence-corrected chi connectivity index (χ1v) is 7.34. The summed E-state index contributed by atoms with van der Waals surface area (Å²) < 4.78 is 0. The lowest BCUT2D eigenvalue weighted by Gasteiger charge is -2.31. The molecule has 2 aromatic rings. The van der Waals surface area contributed by atoms with Crippen LogP contribution in [0.2, 0.25) is 0 Å². The molecule has 2 aromatic carbocycles. The maximum absolute atomic E-state index is 11.3. The number of aryl methyl sites for hydroxylation is 2. The van der Waals surface area contributed by atoms with Gasteiger partial charge < -0.3 is 10.4 Å². The van der Waals surface area contributed by atoms with E-state index in [1.807, 2.05) is 6.07 Å². The average Bonchev–Trinajstić information content (AvgIpc) is 3.02. The third-order valence-electron chi connectivity index (χ3n) is 4.85. The minimum atomic E-state index is -0.736. The largest absolute Gasteiger partial charge is 0.383 e. The van der Waals surface area contributed by atoms with Crippen molar-refractivity contribution in [2.24, 2.45) is 0 Å². The number of anilines is 1. The first kappa shape index (κ1) is 12.0. The highest BCUT2D eigenvalue weighted by molar-refractivity contribution is 5.58. The number of fused-ring (bicyclic) bond motifs is 2. The van der Waals surface area contributed by atoms with Crippen LogP contribution in [0.15, 0.2) is 42.5 Å². The van der Waals surface area contributed by atoms with E-state index in [0.29, 0.717) is 0 Å². The van der Waals surface area contributed by atoms with Crippen LogP contribution < -0.4 is 5.32 Å². The number of rotatable bonds is 1. The topological polar surface area (TPSA) is 32.3 Å². The Balaban J connectivity index is 1.73. The van der Waals surface area contributed by atoms with Crippen molar-refractivity contribution in [1.82, 2.24) is 0 Å². The summed E-state index contributed by atoms with van der Waals surface area (Å²) in [6.45, 7) is 2.09. The number of nitrogens with one attached hydrogen (secondary N) is 1. The van der Waals surface area contributed by atoms with Gasteiger partial charge in [-0.15, -0.1) is 0 Å². The van der Waals surface area contributed by atoms with Gasteiger partial charge in [0.15, 0.2) is 0 Å². The molecular weight excluding hydrogens is 246 g/mol. The summed E-state index contributed by atoms with van der Waals surface area (Å²) in [6.07, 6.45) is 2.69. The number of para-hydroxylation sites is 1. The van der Waals surface area contributed by atoms with E-state index in [1.54, 1.807) is 0 Å². The molecular formula is C18H19NO. The van der Waals surface area contributed by atoms with Crippen molar-refractivity contribution in [1.29, 1.82) is 0 Å². The van der Waals surface area contributed by atoms with Crippen molar-refractivity contribution in [2.75, 3.05) is 5.32 Å². The summed E-state index contributed by atoms with van der Waals surface area (Å²) in [5.74, 6) is 0. The highest BCUT2D eigenvalue weighted by atomic mass is 16.3. The van der Waals surface area contributed by atoms with Crippen LogP contribution in [0.5, 0.6) is 0 Å². The summed E-state index contributed by atoms with van der Waals surface area (Å²) in [4.78, 5) is 0. The van der Waals surface area contributed by atoms with Crippen LogP contribution in [0.3, 0.4) is 0 Å². The number of hydrogen-bond acceptors (Lipinski definition) is 2. The van der Waals surface area contributed by atoms with Crippen LogP contribution in [-0.2, 0) is 18.4 Å². The Bertz CT molecular complexity index is 654. The zero-order valence-corrected chi connectivity index (χ0v) is 11.7. The van der Waals surface area contributed by atoms with Crippen LogP contribution in [-0.4, -0.2) is 11.1 Å². The van der Waals surface area contributed by atoms with Crippen molar-refractivity contribution >= 4 is 5.69 Å². The Morgan fingerprint density at radius 1 is 1.15 bits per heavy atom. The van der Waals surface area contributed by atoms with Crippen LogP contribution in [0.1, 0.15) is 28.7 Å². The molecule has 0 bridgehead atoms. The van der Waals surface area contributed by atoms with Crippen molar-refractivity contribution in [3.8, 4) is 0 Å². The van der Waals surface area contributed by atoms with Crippen molar-refractivity contribution < 1.29 is 5.11 Å². The maximum Gasteiger partial charge on any atom is 0.111 e. The molecule has 0 saturated carbocycles. The Kier molecular flexibility index (Phi) is 2.45.